The van der Waals surface area contributed by atoms with Crippen molar-refractivity contribution in [2.45, 2.75) is 4.90 Å². The number of hydrogen-bond acceptors (Lipinski definition) is 5. The second kappa shape index (κ2) is 9.22. The molecular weight excluding hydrogens is 445 g/mol. The molecule has 8 heteroatoms. The van der Waals surface area contributed by atoms with E-state index in [1.807, 2.05) is 30.3 Å². The van der Waals surface area contributed by atoms with Gasteiger partial charge in [0.2, 0.25) is 0 Å². The molecule has 0 unspecified atom stereocenters. The fourth-order valence-electron chi connectivity index (χ4n) is 3.22. The minimum Gasteiger partial charge on any atom is -0.454 e. The summed E-state index contributed by atoms with van der Waals surface area (Å²) in [6.45, 7) is -0.504. The van der Waals surface area contributed by atoms with Gasteiger partial charge in [0.25, 0.3) is 10.0 Å². The molecule has 6 nitrogen and oxygen atoms in total. The van der Waals surface area contributed by atoms with Crippen LogP contribution in [0.15, 0.2) is 95.9 Å². The predicted molar refractivity (Wildman–Crippen MR) is 122 cm³/mol. The minimum atomic E-state index is -4.07. The van der Waals surface area contributed by atoms with Gasteiger partial charge < -0.3 is 4.74 Å². The van der Waals surface area contributed by atoms with Crippen LogP contribution in [-0.2, 0) is 14.8 Å². The highest BCUT2D eigenvalue weighted by molar-refractivity contribution is 7.92. The second-order valence-electron chi connectivity index (χ2n) is 7.17. The summed E-state index contributed by atoms with van der Waals surface area (Å²) in [6, 6.07) is 22.9. The average Bonchev–Trinajstić information content (AvgIpc) is 2.82. The number of ether oxygens (including phenoxy) is 1. The summed E-state index contributed by atoms with van der Waals surface area (Å²) in [7, 11) is -4.07. The van der Waals surface area contributed by atoms with Crippen LogP contribution in [-0.4, -0.2) is 26.8 Å². The molecule has 0 aliphatic rings. The third-order valence-electron chi connectivity index (χ3n) is 4.92. The van der Waals surface area contributed by atoms with Crippen LogP contribution in [0.5, 0.6) is 0 Å². The van der Waals surface area contributed by atoms with E-state index in [0.29, 0.717) is 5.56 Å². The van der Waals surface area contributed by atoms with E-state index in [0.717, 1.165) is 35.0 Å². The molecule has 0 saturated carbocycles. The van der Waals surface area contributed by atoms with Gasteiger partial charge in [-0.25, -0.2) is 17.6 Å². The van der Waals surface area contributed by atoms with Crippen LogP contribution in [0, 0.1) is 5.82 Å². The molecule has 0 amide bonds. The summed E-state index contributed by atoms with van der Waals surface area (Å²) in [4.78, 5) is 25.0. The fraction of sp³-hybridized carbons (Fsp3) is 0.0400. The Kier molecular flexibility index (Phi) is 6.19. The number of Topliss-reactive ketones (excluding diaryl/α,β-unsaturated/α-hetero) is 1. The molecule has 4 aromatic rings. The van der Waals surface area contributed by atoms with Gasteiger partial charge in [-0.05, 0) is 53.2 Å². The predicted octanol–water partition coefficient (Wildman–Crippen LogP) is 4.82. The molecular formula is C25H18FNO5S. The van der Waals surface area contributed by atoms with Gasteiger partial charge in [-0.1, -0.05) is 48.5 Å². The molecule has 0 fully saturated rings. The summed E-state index contributed by atoms with van der Waals surface area (Å²) in [5, 5.41) is 1.86. The monoisotopic (exact) mass is 463 g/mol. The standard InChI is InChI=1S/C25H18FNO5S/c26-20-11-13-21(14-12-20)33(30,31)27-23-8-4-3-7-22(23)25(29)32-16-24(28)19-10-9-17-5-1-2-6-18(17)15-19/h1-15,27H,16H2. The van der Waals surface area contributed by atoms with Crippen LogP contribution in [0.4, 0.5) is 10.1 Å². The van der Waals surface area contributed by atoms with Gasteiger partial charge >= 0.3 is 5.97 Å². The Hall–Kier alpha value is -4.04. The van der Waals surface area contributed by atoms with Gasteiger partial charge in [-0.2, -0.15) is 0 Å². The zero-order chi connectivity index (χ0) is 23.4. The smallest absolute Gasteiger partial charge is 0.340 e. The van der Waals surface area contributed by atoms with E-state index in [9.17, 15) is 22.4 Å². The number of para-hydroxylation sites is 1. The van der Waals surface area contributed by atoms with Gasteiger partial charge in [-0.15, -0.1) is 0 Å². The lowest BCUT2D eigenvalue weighted by molar-refractivity contribution is 0.0476. The number of hydrogen-bond donors (Lipinski definition) is 1. The average molecular weight is 463 g/mol. The summed E-state index contributed by atoms with van der Waals surface area (Å²) in [5.74, 6) is -1.82. The van der Waals surface area contributed by atoms with E-state index in [-0.39, 0.29) is 16.1 Å². The molecule has 4 rings (SSSR count). The molecule has 0 spiro atoms. The number of carbonyl (C=O) groups excluding carboxylic acids is 2. The topological polar surface area (TPSA) is 89.5 Å². The third kappa shape index (κ3) is 5.07. The lowest BCUT2D eigenvalue weighted by Gasteiger charge is -2.12. The van der Waals surface area contributed by atoms with Crippen molar-refractivity contribution >= 4 is 38.2 Å². The number of carbonyl (C=O) groups is 2. The number of nitrogens with one attached hydrogen (secondary N) is 1. The summed E-state index contributed by atoms with van der Waals surface area (Å²) < 4.78 is 45.8. The molecule has 0 aliphatic carbocycles. The second-order valence-corrected chi connectivity index (χ2v) is 8.85. The number of benzene rings is 4. The zero-order valence-electron chi connectivity index (χ0n) is 17.2. The van der Waals surface area contributed by atoms with Gasteiger partial charge in [0.1, 0.15) is 5.82 Å². The maximum Gasteiger partial charge on any atom is 0.340 e. The first-order chi connectivity index (χ1) is 15.8. The normalized spacial score (nSPS) is 11.2. The molecule has 33 heavy (non-hydrogen) atoms. The first-order valence-corrected chi connectivity index (χ1v) is 11.4. The summed E-state index contributed by atoms with van der Waals surface area (Å²) in [6.07, 6.45) is 0. The van der Waals surface area contributed by atoms with E-state index in [4.69, 9.17) is 4.74 Å². The van der Waals surface area contributed by atoms with Crippen LogP contribution in [0.1, 0.15) is 20.7 Å². The Morgan fingerprint density at radius 3 is 2.24 bits per heavy atom. The summed E-state index contributed by atoms with van der Waals surface area (Å²) in [5.41, 5.74) is 0.311. The Morgan fingerprint density at radius 1 is 0.818 bits per heavy atom. The maximum atomic E-state index is 13.1. The van der Waals surface area contributed by atoms with Gasteiger partial charge in [-0.3, -0.25) is 9.52 Å². The molecule has 166 valence electrons. The zero-order valence-corrected chi connectivity index (χ0v) is 18.0. The molecule has 0 radical (unpaired) electrons. The molecule has 0 saturated heterocycles. The van der Waals surface area contributed by atoms with E-state index in [2.05, 4.69) is 4.72 Å². The van der Waals surface area contributed by atoms with E-state index in [1.165, 1.54) is 18.2 Å². The first kappa shape index (κ1) is 22.2. The number of esters is 1. The molecule has 4 aromatic carbocycles. The molecule has 0 aliphatic heterocycles. The van der Waals surface area contributed by atoms with E-state index >= 15 is 0 Å². The quantitative estimate of drug-likeness (QED) is 0.314. The SMILES string of the molecule is O=C(COC(=O)c1ccccc1NS(=O)(=O)c1ccc(F)cc1)c1ccc2ccccc2c1. The number of rotatable bonds is 7. The van der Waals surface area contributed by atoms with Crippen LogP contribution in [0.2, 0.25) is 0 Å². The van der Waals surface area contributed by atoms with Crippen LogP contribution in [0.25, 0.3) is 10.8 Å². The van der Waals surface area contributed by atoms with Crippen LogP contribution < -0.4 is 4.72 Å². The molecule has 0 bridgehead atoms. The number of ketones is 1. The van der Waals surface area contributed by atoms with Gasteiger partial charge in [0, 0.05) is 5.56 Å². The van der Waals surface area contributed by atoms with Crippen molar-refractivity contribution in [2.24, 2.45) is 0 Å². The lowest BCUT2D eigenvalue weighted by Crippen LogP contribution is -2.18. The van der Waals surface area contributed by atoms with Crippen molar-refractivity contribution in [2.75, 3.05) is 11.3 Å². The Morgan fingerprint density at radius 2 is 1.48 bits per heavy atom. The van der Waals surface area contributed by atoms with E-state index in [1.54, 1.807) is 18.2 Å². The highest BCUT2D eigenvalue weighted by atomic mass is 32.2. The molecule has 0 atom stereocenters. The van der Waals surface area contributed by atoms with Gasteiger partial charge in [0.05, 0.1) is 16.1 Å². The van der Waals surface area contributed by atoms with Crippen molar-refractivity contribution < 1.29 is 27.1 Å². The van der Waals surface area contributed by atoms with Crippen molar-refractivity contribution in [3.05, 3.63) is 108 Å². The van der Waals surface area contributed by atoms with Crippen molar-refractivity contribution in [1.29, 1.82) is 0 Å². The first-order valence-electron chi connectivity index (χ1n) is 9.90. The largest absolute Gasteiger partial charge is 0.454 e. The number of sulfonamides is 1. The van der Waals surface area contributed by atoms with Crippen molar-refractivity contribution in [3.8, 4) is 0 Å². The number of halogens is 1. The maximum absolute atomic E-state index is 13.1. The molecule has 0 heterocycles. The van der Waals surface area contributed by atoms with Crippen molar-refractivity contribution in [1.82, 2.24) is 0 Å². The highest BCUT2D eigenvalue weighted by Gasteiger charge is 2.20. The number of fused-ring (bicyclic) bond motifs is 1. The van der Waals surface area contributed by atoms with E-state index < -0.39 is 34.2 Å². The summed E-state index contributed by atoms with van der Waals surface area (Å²) >= 11 is 0. The minimum absolute atomic E-state index is 0.0232. The lowest BCUT2D eigenvalue weighted by atomic mass is 10.0. The number of anilines is 1. The Balaban J connectivity index is 1.48. The fourth-order valence-corrected chi connectivity index (χ4v) is 4.30. The van der Waals surface area contributed by atoms with Crippen LogP contribution in [0.3, 0.4) is 0 Å². The Labute approximate surface area is 189 Å². The van der Waals surface area contributed by atoms with Crippen molar-refractivity contribution in [3.63, 3.8) is 0 Å². The molecule has 0 aromatic heterocycles. The Bertz CT molecular complexity index is 1450. The third-order valence-corrected chi connectivity index (χ3v) is 6.30. The van der Waals surface area contributed by atoms with Crippen LogP contribution >= 0.6 is 0 Å². The van der Waals surface area contributed by atoms with Gasteiger partial charge in [0.15, 0.2) is 12.4 Å². The molecule has 1 N–H and O–H groups in total. The highest BCUT2D eigenvalue weighted by Crippen LogP contribution is 2.22.